The number of nitrogens with zero attached hydrogens (tertiary/aromatic N) is 3. The van der Waals surface area contributed by atoms with Crippen LogP contribution in [0.2, 0.25) is 0 Å². The molecule has 0 saturated heterocycles. The average Bonchev–Trinajstić information content (AvgIpc) is 3.38. The van der Waals surface area contributed by atoms with E-state index in [1.807, 2.05) is 30.3 Å². The maximum absolute atomic E-state index is 11.9. The number of carboxylic acids is 1. The summed E-state index contributed by atoms with van der Waals surface area (Å²) >= 11 is 1.98. The van der Waals surface area contributed by atoms with Gasteiger partial charge in [0.15, 0.2) is 0 Å². The normalized spacial score (nSPS) is 11.2. The van der Waals surface area contributed by atoms with Gasteiger partial charge in [0.05, 0.1) is 24.0 Å². The Bertz CT molecular complexity index is 1450. The summed E-state index contributed by atoms with van der Waals surface area (Å²) in [5.74, 6) is -0.0766. The lowest BCUT2D eigenvalue weighted by molar-refractivity contribution is -0.387. The molecule has 0 aliphatic heterocycles. The molecule has 12 heteroatoms. The quantitative estimate of drug-likeness (QED) is 0.110. The van der Waals surface area contributed by atoms with Crippen molar-refractivity contribution in [3.63, 3.8) is 0 Å². The van der Waals surface area contributed by atoms with Gasteiger partial charge in [-0.2, -0.15) is 0 Å². The molecule has 3 aromatic carbocycles. The van der Waals surface area contributed by atoms with Gasteiger partial charge in [-0.05, 0) is 53.7 Å². The number of benzene rings is 3. The first kappa shape index (κ1) is 25.8. The Morgan fingerprint density at radius 3 is 2.35 bits per heavy atom. The number of ether oxygens (including phenoxy) is 2. The van der Waals surface area contributed by atoms with Gasteiger partial charge in [-0.3, -0.25) is 10.1 Å². The van der Waals surface area contributed by atoms with E-state index in [4.69, 9.17) is 13.9 Å². The molecule has 0 radical (unpaired) electrons. The Balaban J connectivity index is 1.60. The van der Waals surface area contributed by atoms with Crippen molar-refractivity contribution in [3.05, 3.63) is 87.3 Å². The van der Waals surface area contributed by atoms with Crippen molar-refractivity contribution in [2.24, 2.45) is 0 Å². The first-order valence-corrected chi connectivity index (χ1v) is 12.2. The van der Waals surface area contributed by atoms with Crippen LogP contribution >= 0.6 is 23.5 Å². The van der Waals surface area contributed by atoms with Crippen LogP contribution in [0.1, 0.15) is 5.56 Å². The van der Waals surface area contributed by atoms with E-state index in [2.05, 4.69) is 10.2 Å². The highest BCUT2D eigenvalue weighted by atomic mass is 32.2. The van der Waals surface area contributed by atoms with Crippen LogP contribution in [-0.2, 0) is 4.79 Å². The number of hydrogen-bond donors (Lipinski definition) is 1. The first-order valence-electron chi connectivity index (χ1n) is 10.6. The summed E-state index contributed by atoms with van der Waals surface area (Å²) in [6, 6.07) is 18.8. The van der Waals surface area contributed by atoms with Gasteiger partial charge < -0.3 is 19.0 Å². The van der Waals surface area contributed by atoms with Gasteiger partial charge in [0.1, 0.15) is 16.4 Å². The summed E-state index contributed by atoms with van der Waals surface area (Å²) in [6.45, 7) is 0. The standard InChI is InChI=1S/C25H19N3O7S2/c1-33-17-12-16(13-18(14-17)34-2)23-26-27-25(35-23)37-22(24(29)30)11-15-8-9-21(20(10-15)28(31)32)36-19-6-4-3-5-7-19/h3-14H,1-2H3,(H,29,30)/b22-11+. The van der Waals surface area contributed by atoms with Crippen LogP contribution < -0.4 is 9.47 Å². The Kier molecular flexibility index (Phi) is 8.11. The highest BCUT2D eigenvalue weighted by Crippen LogP contribution is 2.37. The zero-order valence-electron chi connectivity index (χ0n) is 19.5. The van der Waals surface area contributed by atoms with E-state index in [1.54, 1.807) is 30.3 Å². The van der Waals surface area contributed by atoms with Crippen molar-refractivity contribution in [2.75, 3.05) is 14.2 Å². The molecule has 0 amide bonds. The van der Waals surface area contributed by atoms with Gasteiger partial charge in [0.2, 0.25) is 5.89 Å². The minimum absolute atomic E-state index is 0.0174. The monoisotopic (exact) mass is 537 g/mol. The zero-order valence-corrected chi connectivity index (χ0v) is 21.1. The van der Waals surface area contributed by atoms with E-state index in [0.29, 0.717) is 27.5 Å². The minimum Gasteiger partial charge on any atom is -0.497 e. The molecule has 10 nitrogen and oxygen atoms in total. The highest BCUT2D eigenvalue weighted by Gasteiger charge is 2.19. The van der Waals surface area contributed by atoms with Crippen molar-refractivity contribution >= 4 is 41.3 Å². The molecule has 0 unspecified atom stereocenters. The molecule has 0 fully saturated rings. The molecular weight excluding hydrogens is 518 g/mol. The Hall–Kier alpha value is -4.29. The lowest BCUT2D eigenvalue weighted by Crippen LogP contribution is -1.97. The molecule has 1 aromatic heterocycles. The van der Waals surface area contributed by atoms with Crippen LogP contribution in [0.5, 0.6) is 11.5 Å². The van der Waals surface area contributed by atoms with Crippen LogP contribution in [-0.4, -0.2) is 40.4 Å². The SMILES string of the molecule is COc1cc(OC)cc(-c2nnc(S/C(=C/c3ccc(Sc4ccccc4)c([N+](=O)[O-])c3)C(=O)O)o2)c1. The number of methoxy groups -OCH3 is 2. The average molecular weight is 538 g/mol. The lowest BCUT2D eigenvalue weighted by Gasteiger charge is -2.06. The zero-order chi connectivity index (χ0) is 26.4. The summed E-state index contributed by atoms with van der Waals surface area (Å²) in [5, 5.41) is 29.3. The molecule has 4 aromatic rings. The number of rotatable bonds is 10. The van der Waals surface area contributed by atoms with Gasteiger partial charge in [-0.1, -0.05) is 36.0 Å². The fraction of sp³-hybridized carbons (Fsp3) is 0.0800. The number of aromatic nitrogens is 2. The number of nitro groups is 1. The summed E-state index contributed by atoms with van der Waals surface area (Å²) in [7, 11) is 3.02. The summed E-state index contributed by atoms with van der Waals surface area (Å²) < 4.78 is 16.1. The molecule has 188 valence electrons. The lowest BCUT2D eigenvalue weighted by atomic mass is 10.2. The number of nitro benzene ring substituents is 1. The van der Waals surface area contributed by atoms with Gasteiger partial charge in [0, 0.05) is 22.6 Å². The molecular formula is C25H19N3O7S2. The van der Waals surface area contributed by atoms with Crippen LogP contribution in [0.4, 0.5) is 5.69 Å². The second-order valence-corrected chi connectivity index (χ2v) is 9.40. The molecule has 0 aliphatic rings. The van der Waals surface area contributed by atoms with Crippen LogP contribution in [0.15, 0.2) is 91.1 Å². The summed E-state index contributed by atoms with van der Waals surface area (Å²) in [5.41, 5.74) is 0.731. The molecule has 0 spiro atoms. The molecule has 1 heterocycles. The molecule has 0 aliphatic carbocycles. The topological polar surface area (TPSA) is 138 Å². The molecule has 0 saturated carbocycles. The van der Waals surface area contributed by atoms with Crippen molar-refractivity contribution in [1.29, 1.82) is 0 Å². The van der Waals surface area contributed by atoms with E-state index < -0.39 is 10.9 Å². The maximum atomic E-state index is 11.9. The molecule has 0 atom stereocenters. The van der Waals surface area contributed by atoms with Gasteiger partial charge in [-0.25, -0.2) is 4.79 Å². The van der Waals surface area contributed by atoms with Crippen LogP contribution in [0, 0.1) is 10.1 Å². The maximum Gasteiger partial charge on any atom is 0.342 e. The number of hydrogen-bond acceptors (Lipinski definition) is 10. The molecule has 0 bridgehead atoms. The third-order valence-corrected chi connectivity index (χ3v) is 6.79. The Labute approximate surface area is 219 Å². The van der Waals surface area contributed by atoms with E-state index in [0.717, 1.165) is 16.7 Å². The largest absolute Gasteiger partial charge is 0.497 e. The van der Waals surface area contributed by atoms with Gasteiger partial charge in [0.25, 0.3) is 10.9 Å². The molecule has 4 rings (SSSR count). The van der Waals surface area contributed by atoms with Crippen molar-refractivity contribution < 1.29 is 28.7 Å². The van der Waals surface area contributed by atoms with Gasteiger partial charge in [-0.15, -0.1) is 10.2 Å². The van der Waals surface area contributed by atoms with E-state index >= 15 is 0 Å². The fourth-order valence-electron chi connectivity index (χ4n) is 3.15. The van der Waals surface area contributed by atoms with Crippen LogP contribution in [0.25, 0.3) is 17.5 Å². The Morgan fingerprint density at radius 1 is 1.03 bits per heavy atom. The number of carbonyl (C=O) groups is 1. The number of carboxylic acid groups (broad SMARTS) is 1. The predicted molar refractivity (Wildman–Crippen MR) is 138 cm³/mol. The summed E-state index contributed by atoms with van der Waals surface area (Å²) in [6.07, 6.45) is 1.31. The highest BCUT2D eigenvalue weighted by molar-refractivity contribution is 8.03. The van der Waals surface area contributed by atoms with Crippen molar-refractivity contribution in [2.45, 2.75) is 15.0 Å². The van der Waals surface area contributed by atoms with Crippen molar-refractivity contribution in [3.8, 4) is 23.0 Å². The predicted octanol–water partition coefficient (Wildman–Crippen LogP) is 6.03. The third-order valence-electron chi connectivity index (χ3n) is 4.86. The van der Waals surface area contributed by atoms with E-state index in [9.17, 15) is 20.0 Å². The third kappa shape index (κ3) is 6.48. The summed E-state index contributed by atoms with van der Waals surface area (Å²) in [4.78, 5) is 24.3. The first-order chi connectivity index (χ1) is 17.9. The Morgan fingerprint density at radius 2 is 1.73 bits per heavy atom. The second-order valence-electron chi connectivity index (χ2n) is 7.29. The number of aliphatic carboxylic acids is 1. The van der Waals surface area contributed by atoms with Gasteiger partial charge >= 0.3 is 5.97 Å². The van der Waals surface area contributed by atoms with Crippen LogP contribution in [0.3, 0.4) is 0 Å². The fourth-order valence-corrected chi connectivity index (χ4v) is 4.74. The number of thioether (sulfide) groups is 1. The smallest absolute Gasteiger partial charge is 0.342 e. The second kappa shape index (κ2) is 11.6. The minimum atomic E-state index is -1.25. The van der Waals surface area contributed by atoms with E-state index in [1.165, 1.54) is 38.1 Å². The molecule has 1 N–H and O–H groups in total. The van der Waals surface area contributed by atoms with Crippen molar-refractivity contribution in [1.82, 2.24) is 10.2 Å². The van der Waals surface area contributed by atoms with E-state index in [-0.39, 0.29) is 21.7 Å². The molecule has 37 heavy (non-hydrogen) atoms.